The zero-order valence-corrected chi connectivity index (χ0v) is 12.9. The lowest BCUT2D eigenvalue weighted by molar-refractivity contribution is -0.0328. The van der Waals surface area contributed by atoms with E-state index in [0.717, 1.165) is 11.3 Å². The molecule has 0 aliphatic rings. The van der Waals surface area contributed by atoms with Crippen LogP contribution in [0.2, 0.25) is 10.0 Å². The van der Waals surface area contributed by atoms with Gasteiger partial charge < -0.3 is 5.32 Å². The minimum absolute atomic E-state index is 0.128. The van der Waals surface area contributed by atoms with Crippen molar-refractivity contribution in [3.8, 4) is 0 Å². The predicted octanol–water partition coefficient (Wildman–Crippen LogP) is 6.22. The van der Waals surface area contributed by atoms with Gasteiger partial charge in [0.25, 0.3) is 0 Å². The summed E-state index contributed by atoms with van der Waals surface area (Å²) in [5, 5.41) is 4.14. The van der Waals surface area contributed by atoms with E-state index < -0.39 is 5.51 Å². The van der Waals surface area contributed by atoms with Crippen LogP contribution in [0.4, 0.5) is 18.9 Å². The smallest absolute Gasteiger partial charge is 0.380 e. The van der Waals surface area contributed by atoms with E-state index in [1.165, 1.54) is 12.1 Å². The summed E-state index contributed by atoms with van der Waals surface area (Å²) < 4.78 is 36.6. The van der Waals surface area contributed by atoms with Gasteiger partial charge in [-0.2, -0.15) is 13.2 Å². The Morgan fingerprint density at radius 1 is 1.00 bits per heavy atom. The molecule has 1 N–H and O–H groups in total. The van der Waals surface area contributed by atoms with Crippen molar-refractivity contribution >= 4 is 40.7 Å². The predicted molar refractivity (Wildman–Crippen MR) is 82.1 cm³/mol. The van der Waals surface area contributed by atoms with Crippen molar-refractivity contribution in [3.05, 3.63) is 58.1 Å². The van der Waals surface area contributed by atoms with Crippen LogP contribution in [0.25, 0.3) is 0 Å². The van der Waals surface area contributed by atoms with Crippen LogP contribution < -0.4 is 5.32 Å². The van der Waals surface area contributed by atoms with E-state index in [1.807, 2.05) is 0 Å². The van der Waals surface area contributed by atoms with Crippen LogP contribution in [0.5, 0.6) is 0 Å². The zero-order chi connectivity index (χ0) is 15.5. The number of hydrogen-bond acceptors (Lipinski definition) is 2. The highest BCUT2D eigenvalue weighted by atomic mass is 35.5. The summed E-state index contributed by atoms with van der Waals surface area (Å²) >= 11 is 11.7. The summed E-state index contributed by atoms with van der Waals surface area (Å²) in [5.74, 6) is 0. The fourth-order valence-electron chi connectivity index (χ4n) is 1.64. The van der Waals surface area contributed by atoms with Gasteiger partial charge in [0.2, 0.25) is 0 Å². The van der Waals surface area contributed by atoms with Crippen LogP contribution in [-0.2, 0) is 6.54 Å². The number of hydrogen-bond donors (Lipinski definition) is 1. The lowest BCUT2D eigenvalue weighted by atomic mass is 10.2. The number of nitrogens with one attached hydrogen (secondary N) is 1. The van der Waals surface area contributed by atoms with E-state index in [-0.39, 0.29) is 16.7 Å². The average molecular weight is 352 g/mol. The number of rotatable bonds is 4. The van der Waals surface area contributed by atoms with E-state index >= 15 is 0 Å². The first-order chi connectivity index (χ1) is 9.83. The number of alkyl halides is 3. The van der Waals surface area contributed by atoms with Gasteiger partial charge in [-0.15, -0.1) is 0 Å². The van der Waals surface area contributed by atoms with E-state index in [2.05, 4.69) is 5.32 Å². The standard InChI is InChI=1S/C14H10Cl2F3NS/c15-10-3-6-13(12(16)7-10)20-8-9-1-4-11(5-2-9)21-14(17,18)19/h1-7,20H,8H2. The Morgan fingerprint density at radius 2 is 1.67 bits per heavy atom. The number of benzene rings is 2. The lowest BCUT2D eigenvalue weighted by Crippen LogP contribution is -2.01. The minimum atomic E-state index is -4.27. The Hall–Kier alpha value is -1.04. The summed E-state index contributed by atoms with van der Waals surface area (Å²) in [4.78, 5) is 0.163. The maximum atomic E-state index is 12.2. The molecule has 0 aliphatic carbocycles. The summed E-state index contributed by atoms with van der Waals surface area (Å²) in [7, 11) is 0. The van der Waals surface area contributed by atoms with Crippen LogP contribution in [-0.4, -0.2) is 5.51 Å². The molecule has 0 heterocycles. The Labute approximate surface area is 134 Å². The highest BCUT2D eigenvalue weighted by molar-refractivity contribution is 8.00. The molecule has 0 spiro atoms. The van der Waals surface area contributed by atoms with Gasteiger partial charge in [0, 0.05) is 16.5 Å². The van der Waals surface area contributed by atoms with E-state index in [4.69, 9.17) is 23.2 Å². The van der Waals surface area contributed by atoms with Crippen molar-refractivity contribution in [1.29, 1.82) is 0 Å². The van der Waals surface area contributed by atoms with Crippen LogP contribution in [0.3, 0.4) is 0 Å². The Bertz CT molecular complexity index is 615. The van der Waals surface area contributed by atoms with Crippen molar-refractivity contribution in [1.82, 2.24) is 0 Å². The molecule has 0 fully saturated rings. The van der Waals surface area contributed by atoms with Crippen molar-refractivity contribution in [2.24, 2.45) is 0 Å². The van der Waals surface area contributed by atoms with Crippen LogP contribution in [0, 0.1) is 0 Å². The second-order valence-electron chi connectivity index (χ2n) is 4.17. The molecule has 21 heavy (non-hydrogen) atoms. The van der Waals surface area contributed by atoms with Crippen LogP contribution in [0.1, 0.15) is 5.56 Å². The molecule has 112 valence electrons. The van der Waals surface area contributed by atoms with Gasteiger partial charge in [0.1, 0.15) is 0 Å². The van der Waals surface area contributed by atoms with Crippen molar-refractivity contribution < 1.29 is 13.2 Å². The molecule has 0 unspecified atom stereocenters. The largest absolute Gasteiger partial charge is 0.446 e. The number of thioether (sulfide) groups is 1. The van der Waals surface area contributed by atoms with Crippen LogP contribution in [0.15, 0.2) is 47.4 Å². The fraction of sp³-hybridized carbons (Fsp3) is 0.143. The molecule has 0 aliphatic heterocycles. The molecule has 0 radical (unpaired) electrons. The maximum Gasteiger partial charge on any atom is 0.446 e. The van der Waals surface area contributed by atoms with Gasteiger partial charge in [-0.3, -0.25) is 0 Å². The third kappa shape index (κ3) is 5.34. The maximum absolute atomic E-state index is 12.2. The molecule has 0 aromatic heterocycles. The molecule has 1 nitrogen and oxygen atoms in total. The van der Waals surface area contributed by atoms with Crippen molar-refractivity contribution in [2.75, 3.05) is 5.32 Å². The Morgan fingerprint density at radius 3 is 2.24 bits per heavy atom. The highest BCUT2D eigenvalue weighted by Gasteiger charge is 2.28. The molecule has 0 saturated carbocycles. The molecule has 0 saturated heterocycles. The SMILES string of the molecule is FC(F)(F)Sc1ccc(CNc2ccc(Cl)cc2Cl)cc1. The first-order valence-corrected chi connectivity index (χ1v) is 7.44. The first kappa shape index (κ1) is 16.3. The Balaban J connectivity index is 1.97. The summed E-state index contributed by atoms with van der Waals surface area (Å²) in [6.45, 7) is 0.457. The van der Waals surface area contributed by atoms with Gasteiger partial charge in [-0.25, -0.2) is 0 Å². The quantitative estimate of drug-likeness (QED) is 0.656. The zero-order valence-electron chi connectivity index (χ0n) is 10.5. The minimum Gasteiger partial charge on any atom is -0.380 e. The third-order valence-electron chi connectivity index (χ3n) is 2.57. The third-order valence-corrected chi connectivity index (χ3v) is 3.86. The normalized spacial score (nSPS) is 11.5. The van der Waals surface area contributed by atoms with Gasteiger partial charge in [-0.05, 0) is 47.7 Å². The molecular formula is C14H10Cl2F3NS. The highest BCUT2D eigenvalue weighted by Crippen LogP contribution is 2.36. The first-order valence-electron chi connectivity index (χ1n) is 5.87. The van der Waals surface area contributed by atoms with E-state index in [1.54, 1.807) is 30.3 Å². The molecule has 2 rings (SSSR count). The summed E-state index contributed by atoms with van der Waals surface area (Å²) in [5.41, 5.74) is -2.70. The van der Waals surface area contributed by atoms with Gasteiger partial charge in [0.15, 0.2) is 0 Å². The Kier molecular flexibility index (Phi) is 5.30. The van der Waals surface area contributed by atoms with Gasteiger partial charge in [0.05, 0.1) is 10.7 Å². The topological polar surface area (TPSA) is 12.0 Å². The molecule has 7 heteroatoms. The van der Waals surface area contributed by atoms with Crippen LogP contribution >= 0.6 is 35.0 Å². The van der Waals surface area contributed by atoms with Gasteiger partial charge >= 0.3 is 5.51 Å². The number of halogens is 5. The average Bonchev–Trinajstić information content (AvgIpc) is 2.38. The number of anilines is 1. The van der Waals surface area contributed by atoms with E-state index in [9.17, 15) is 13.2 Å². The molecule has 0 atom stereocenters. The molecule has 2 aromatic carbocycles. The van der Waals surface area contributed by atoms with Crippen molar-refractivity contribution in [2.45, 2.75) is 16.9 Å². The monoisotopic (exact) mass is 351 g/mol. The summed E-state index contributed by atoms with van der Waals surface area (Å²) in [6, 6.07) is 11.2. The summed E-state index contributed by atoms with van der Waals surface area (Å²) in [6.07, 6.45) is 0. The molecule has 0 bridgehead atoms. The van der Waals surface area contributed by atoms with Gasteiger partial charge in [-0.1, -0.05) is 35.3 Å². The molecular weight excluding hydrogens is 342 g/mol. The van der Waals surface area contributed by atoms with Crippen molar-refractivity contribution in [3.63, 3.8) is 0 Å². The second-order valence-corrected chi connectivity index (χ2v) is 6.15. The van der Waals surface area contributed by atoms with E-state index in [0.29, 0.717) is 16.6 Å². The fourth-order valence-corrected chi connectivity index (χ4v) is 2.65. The lowest BCUT2D eigenvalue weighted by Gasteiger charge is -2.10. The molecule has 0 amide bonds. The second kappa shape index (κ2) is 6.81. The molecule has 2 aromatic rings.